The molecule has 156 valence electrons. The normalized spacial score (nSPS) is 14.0. The van der Waals surface area contributed by atoms with E-state index >= 15 is 0 Å². The van der Waals surface area contributed by atoms with Crippen molar-refractivity contribution in [1.29, 1.82) is 0 Å². The highest BCUT2D eigenvalue weighted by atomic mass is 32.1. The Morgan fingerprint density at radius 2 is 1.89 bits per heavy atom. The lowest BCUT2D eigenvalue weighted by Gasteiger charge is -2.21. The van der Waals surface area contributed by atoms with Crippen LogP contribution in [0.5, 0.6) is 0 Å². The standard InChI is InChI=1S/C16H26N6O5S/c1-8(2)13(17)15(25)22-11(6-28)14(24)19-5-12(23)21-10(16(26)27)3-9-4-18-7-20-9/h4,7-8,10-11,13,28H,3,5-6,17H2,1-2H3,(H,18,20)(H,19,24)(H,21,23)(H,22,25)(H,26,27). The number of rotatable bonds is 11. The molecule has 7 N–H and O–H groups in total. The topological polar surface area (TPSA) is 179 Å². The molecule has 28 heavy (non-hydrogen) atoms. The predicted molar refractivity (Wildman–Crippen MR) is 103 cm³/mol. The summed E-state index contributed by atoms with van der Waals surface area (Å²) in [5.74, 6) is -3.16. The second-order valence-corrected chi connectivity index (χ2v) is 6.84. The molecule has 0 aliphatic carbocycles. The van der Waals surface area contributed by atoms with E-state index in [9.17, 15) is 24.3 Å². The van der Waals surface area contributed by atoms with Gasteiger partial charge in [-0.15, -0.1) is 0 Å². The Balaban J connectivity index is 2.53. The van der Waals surface area contributed by atoms with Gasteiger partial charge in [-0.3, -0.25) is 14.4 Å². The number of imidazole rings is 1. The first-order valence-electron chi connectivity index (χ1n) is 8.59. The number of hydrogen-bond acceptors (Lipinski definition) is 7. The lowest BCUT2D eigenvalue weighted by molar-refractivity contribution is -0.141. The van der Waals surface area contributed by atoms with Crippen LogP contribution in [0.25, 0.3) is 0 Å². The summed E-state index contributed by atoms with van der Waals surface area (Å²) in [4.78, 5) is 53.9. The number of aromatic nitrogens is 2. The number of carbonyl (C=O) groups excluding carboxylic acids is 3. The Kier molecular flexibility index (Phi) is 9.45. The molecule has 0 saturated heterocycles. The van der Waals surface area contributed by atoms with Crippen molar-refractivity contribution >= 4 is 36.3 Å². The molecule has 0 spiro atoms. The lowest BCUT2D eigenvalue weighted by atomic mass is 10.0. The molecule has 0 saturated carbocycles. The third kappa shape index (κ3) is 7.56. The van der Waals surface area contributed by atoms with Gasteiger partial charge in [0.1, 0.15) is 12.1 Å². The zero-order valence-corrected chi connectivity index (χ0v) is 16.5. The van der Waals surface area contributed by atoms with Crippen molar-refractivity contribution in [2.45, 2.75) is 38.4 Å². The highest BCUT2D eigenvalue weighted by Crippen LogP contribution is 2.00. The fraction of sp³-hybridized carbons (Fsp3) is 0.562. The number of carbonyl (C=O) groups is 4. The van der Waals surface area contributed by atoms with Crippen molar-refractivity contribution in [3.05, 3.63) is 18.2 Å². The average Bonchev–Trinajstić information content (AvgIpc) is 3.15. The van der Waals surface area contributed by atoms with Crippen LogP contribution in [0, 0.1) is 5.92 Å². The van der Waals surface area contributed by atoms with Crippen LogP contribution in [0.1, 0.15) is 19.5 Å². The fourth-order valence-corrected chi connectivity index (χ4v) is 2.37. The van der Waals surface area contributed by atoms with E-state index in [0.717, 1.165) is 0 Å². The molecule has 3 unspecified atom stereocenters. The molecule has 0 bridgehead atoms. The van der Waals surface area contributed by atoms with Crippen LogP contribution in [-0.4, -0.2) is 69.2 Å². The van der Waals surface area contributed by atoms with Gasteiger partial charge < -0.3 is 31.8 Å². The molecule has 3 atom stereocenters. The highest BCUT2D eigenvalue weighted by molar-refractivity contribution is 7.80. The molecular weight excluding hydrogens is 388 g/mol. The van der Waals surface area contributed by atoms with Crippen LogP contribution in [0.15, 0.2) is 12.5 Å². The smallest absolute Gasteiger partial charge is 0.326 e. The van der Waals surface area contributed by atoms with Crippen LogP contribution >= 0.6 is 12.6 Å². The lowest BCUT2D eigenvalue weighted by Crippen LogP contribution is -2.55. The summed E-state index contributed by atoms with van der Waals surface area (Å²) in [6.07, 6.45) is 2.86. The molecule has 0 aliphatic heterocycles. The summed E-state index contributed by atoms with van der Waals surface area (Å²) in [6, 6.07) is -2.94. The summed E-state index contributed by atoms with van der Waals surface area (Å²) in [5, 5.41) is 16.3. The van der Waals surface area contributed by atoms with Gasteiger partial charge in [0.15, 0.2) is 0 Å². The first-order chi connectivity index (χ1) is 13.1. The van der Waals surface area contributed by atoms with Crippen molar-refractivity contribution < 1.29 is 24.3 Å². The molecule has 0 radical (unpaired) electrons. The number of nitrogens with one attached hydrogen (secondary N) is 4. The number of nitrogens with zero attached hydrogens (tertiary/aromatic N) is 1. The number of nitrogens with two attached hydrogens (primary N) is 1. The molecule has 1 aromatic heterocycles. The minimum absolute atomic E-state index is 0.00157. The molecule has 11 nitrogen and oxygen atoms in total. The van der Waals surface area contributed by atoms with E-state index in [-0.39, 0.29) is 18.1 Å². The van der Waals surface area contributed by atoms with Crippen LogP contribution < -0.4 is 21.7 Å². The summed E-state index contributed by atoms with van der Waals surface area (Å²) < 4.78 is 0. The van der Waals surface area contributed by atoms with Gasteiger partial charge in [0.2, 0.25) is 17.7 Å². The summed E-state index contributed by atoms with van der Waals surface area (Å²) in [5.41, 5.74) is 6.27. The average molecular weight is 414 g/mol. The summed E-state index contributed by atoms with van der Waals surface area (Å²) in [6.45, 7) is 3.08. The molecule has 0 fully saturated rings. The number of carboxylic acid groups (broad SMARTS) is 1. The van der Waals surface area contributed by atoms with E-state index < -0.39 is 48.4 Å². The molecule has 12 heteroatoms. The molecule has 0 aromatic carbocycles. The maximum atomic E-state index is 12.2. The van der Waals surface area contributed by atoms with Gasteiger partial charge in [0, 0.05) is 24.1 Å². The van der Waals surface area contributed by atoms with Crippen molar-refractivity contribution in [3.8, 4) is 0 Å². The SMILES string of the molecule is CC(C)C(N)C(=O)NC(CS)C(=O)NCC(=O)NC(Cc1cnc[nH]1)C(=O)O. The van der Waals surface area contributed by atoms with E-state index in [0.29, 0.717) is 5.69 Å². The van der Waals surface area contributed by atoms with Crippen molar-refractivity contribution in [3.63, 3.8) is 0 Å². The van der Waals surface area contributed by atoms with Gasteiger partial charge in [0.25, 0.3) is 0 Å². The Hall–Kier alpha value is -2.60. The van der Waals surface area contributed by atoms with Crippen molar-refractivity contribution in [2.75, 3.05) is 12.3 Å². The minimum atomic E-state index is -1.22. The van der Waals surface area contributed by atoms with E-state index in [1.807, 2.05) is 0 Å². The van der Waals surface area contributed by atoms with E-state index in [1.165, 1.54) is 12.5 Å². The Labute approximate surface area is 167 Å². The van der Waals surface area contributed by atoms with Gasteiger partial charge in [-0.25, -0.2) is 9.78 Å². The van der Waals surface area contributed by atoms with Crippen molar-refractivity contribution in [1.82, 2.24) is 25.9 Å². The largest absolute Gasteiger partial charge is 0.480 e. The number of carboxylic acids is 1. The maximum Gasteiger partial charge on any atom is 0.326 e. The maximum absolute atomic E-state index is 12.2. The molecule has 1 rings (SSSR count). The first-order valence-corrected chi connectivity index (χ1v) is 9.22. The van der Waals surface area contributed by atoms with Gasteiger partial charge in [-0.1, -0.05) is 13.8 Å². The Bertz CT molecular complexity index is 681. The molecule has 1 heterocycles. The quantitative estimate of drug-likeness (QED) is 0.205. The summed E-state index contributed by atoms with van der Waals surface area (Å²) >= 11 is 4.02. The van der Waals surface area contributed by atoms with Crippen molar-refractivity contribution in [2.24, 2.45) is 11.7 Å². The molecular formula is C16H26N6O5S. The second kappa shape index (κ2) is 11.3. The van der Waals surface area contributed by atoms with Crippen LogP contribution in [0.2, 0.25) is 0 Å². The zero-order chi connectivity index (χ0) is 21.3. The number of thiol groups is 1. The van der Waals surface area contributed by atoms with Gasteiger partial charge in [-0.05, 0) is 5.92 Å². The van der Waals surface area contributed by atoms with Crippen LogP contribution in [-0.2, 0) is 25.6 Å². The van der Waals surface area contributed by atoms with E-state index in [4.69, 9.17) is 5.73 Å². The minimum Gasteiger partial charge on any atom is -0.480 e. The van der Waals surface area contributed by atoms with Gasteiger partial charge in [0.05, 0.1) is 18.9 Å². The molecule has 1 aromatic rings. The number of aliphatic carboxylic acids is 1. The predicted octanol–water partition coefficient (Wildman–Crippen LogP) is -1.96. The number of hydrogen-bond donors (Lipinski definition) is 7. The van der Waals surface area contributed by atoms with E-state index in [2.05, 4.69) is 38.5 Å². The Morgan fingerprint density at radius 3 is 2.39 bits per heavy atom. The number of amides is 3. The fourth-order valence-electron chi connectivity index (χ4n) is 2.12. The number of H-pyrrole nitrogens is 1. The second-order valence-electron chi connectivity index (χ2n) is 6.47. The monoisotopic (exact) mass is 414 g/mol. The highest BCUT2D eigenvalue weighted by Gasteiger charge is 2.25. The molecule has 0 aliphatic rings. The first kappa shape index (κ1) is 23.4. The number of aromatic amines is 1. The summed E-state index contributed by atoms with van der Waals surface area (Å²) in [7, 11) is 0. The third-order valence-electron chi connectivity index (χ3n) is 3.87. The van der Waals surface area contributed by atoms with Gasteiger partial charge in [-0.2, -0.15) is 12.6 Å². The Morgan fingerprint density at radius 1 is 1.21 bits per heavy atom. The van der Waals surface area contributed by atoms with E-state index in [1.54, 1.807) is 13.8 Å². The van der Waals surface area contributed by atoms with Crippen LogP contribution in [0.3, 0.4) is 0 Å². The molecule has 3 amide bonds. The third-order valence-corrected chi connectivity index (χ3v) is 4.24. The zero-order valence-electron chi connectivity index (χ0n) is 15.6. The van der Waals surface area contributed by atoms with Crippen LogP contribution in [0.4, 0.5) is 0 Å². The van der Waals surface area contributed by atoms with Gasteiger partial charge >= 0.3 is 5.97 Å².